The van der Waals surface area contributed by atoms with Gasteiger partial charge in [0, 0.05) is 19.5 Å². The second kappa shape index (κ2) is 6.37. The minimum Gasteiger partial charge on any atom is -0.497 e. The lowest BCUT2D eigenvalue weighted by Gasteiger charge is -2.05. The Balaban J connectivity index is 2.28. The Labute approximate surface area is 95.6 Å². The minimum absolute atomic E-state index is 0.553. The van der Waals surface area contributed by atoms with Crippen LogP contribution >= 0.6 is 12.2 Å². The maximum absolute atomic E-state index is 5.38. The fraction of sp³-hybridized carbons (Fsp3) is 0.364. The van der Waals surface area contributed by atoms with Crippen LogP contribution in [0.15, 0.2) is 24.3 Å². The first-order valence-corrected chi connectivity index (χ1v) is 5.25. The Hall–Kier alpha value is -1.13. The molecule has 0 spiro atoms. The van der Waals surface area contributed by atoms with Crippen LogP contribution in [0.4, 0.5) is 0 Å². The normalized spacial score (nSPS) is 9.93. The number of hydrogen-bond acceptors (Lipinski definition) is 3. The lowest BCUT2D eigenvalue weighted by molar-refractivity contribution is 0.414. The zero-order chi connectivity index (χ0) is 11.1. The van der Waals surface area contributed by atoms with Crippen molar-refractivity contribution in [2.24, 2.45) is 5.73 Å². The second-order valence-corrected chi connectivity index (χ2v) is 3.77. The third kappa shape index (κ3) is 4.76. The quantitative estimate of drug-likeness (QED) is 0.567. The van der Waals surface area contributed by atoms with Crippen molar-refractivity contribution in [2.75, 3.05) is 13.7 Å². The summed E-state index contributed by atoms with van der Waals surface area (Å²) in [5.41, 5.74) is 6.61. The molecule has 0 radical (unpaired) electrons. The standard InChI is InChI=1S/C11H16N2OS/c1-14-10-4-2-9(3-5-10)8-13-7-6-11(12)15/h2-5,13H,6-8H2,1H3,(H2,12,15). The van der Waals surface area contributed by atoms with Gasteiger partial charge in [0.25, 0.3) is 0 Å². The van der Waals surface area contributed by atoms with Crippen molar-refractivity contribution in [3.8, 4) is 5.75 Å². The van der Waals surface area contributed by atoms with Gasteiger partial charge < -0.3 is 15.8 Å². The molecule has 0 atom stereocenters. The molecule has 1 rings (SSSR count). The van der Waals surface area contributed by atoms with Crippen LogP contribution in [-0.2, 0) is 6.54 Å². The number of ether oxygens (including phenoxy) is 1. The molecule has 3 N–H and O–H groups in total. The Morgan fingerprint density at radius 1 is 1.40 bits per heavy atom. The third-order valence-corrected chi connectivity index (χ3v) is 2.24. The SMILES string of the molecule is COc1ccc(CNCCC(N)=S)cc1. The molecule has 0 aliphatic heterocycles. The summed E-state index contributed by atoms with van der Waals surface area (Å²) < 4.78 is 5.07. The maximum atomic E-state index is 5.38. The molecule has 0 unspecified atom stereocenters. The summed E-state index contributed by atoms with van der Waals surface area (Å²) in [6.07, 6.45) is 0.742. The van der Waals surface area contributed by atoms with Gasteiger partial charge in [0.15, 0.2) is 0 Å². The van der Waals surface area contributed by atoms with Crippen molar-refractivity contribution in [2.45, 2.75) is 13.0 Å². The van der Waals surface area contributed by atoms with Gasteiger partial charge in [-0.2, -0.15) is 0 Å². The van der Waals surface area contributed by atoms with Crippen LogP contribution in [0.3, 0.4) is 0 Å². The van der Waals surface area contributed by atoms with E-state index in [2.05, 4.69) is 5.32 Å². The highest BCUT2D eigenvalue weighted by atomic mass is 32.1. The first kappa shape index (κ1) is 11.9. The number of nitrogens with two attached hydrogens (primary N) is 1. The lowest BCUT2D eigenvalue weighted by Crippen LogP contribution is -2.20. The van der Waals surface area contributed by atoms with Gasteiger partial charge >= 0.3 is 0 Å². The topological polar surface area (TPSA) is 47.3 Å². The van der Waals surface area contributed by atoms with E-state index in [1.807, 2.05) is 24.3 Å². The number of hydrogen-bond donors (Lipinski definition) is 2. The summed E-state index contributed by atoms with van der Waals surface area (Å²) in [6.45, 7) is 1.65. The molecule has 0 fully saturated rings. The average molecular weight is 224 g/mol. The van der Waals surface area contributed by atoms with Gasteiger partial charge in [-0.3, -0.25) is 0 Å². The minimum atomic E-state index is 0.553. The van der Waals surface area contributed by atoms with E-state index in [1.165, 1.54) is 5.56 Å². The van der Waals surface area contributed by atoms with Crippen molar-refractivity contribution in [3.63, 3.8) is 0 Å². The first-order valence-electron chi connectivity index (χ1n) is 4.84. The van der Waals surface area contributed by atoms with E-state index in [4.69, 9.17) is 22.7 Å². The van der Waals surface area contributed by atoms with Gasteiger partial charge in [0.1, 0.15) is 5.75 Å². The summed E-state index contributed by atoms with van der Waals surface area (Å²) in [4.78, 5) is 0.553. The zero-order valence-electron chi connectivity index (χ0n) is 8.82. The van der Waals surface area contributed by atoms with Crippen LogP contribution in [0.1, 0.15) is 12.0 Å². The number of methoxy groups -OCH3 is 1. The van der Waals surface area contributed by atoms with E-state index in [0.717, 1.165) is 25.3 Å². The van der Waals surface area contributed by atoms with Gasteiger partial charge in [-0.1, -0.05) is 24.4 Å². The van der Waals surface area contributed by atoms with Crippen LogP contribution in [0.25, 0.3) is 0 Å². The lowest BCUT2D eigenvalue weighted by atomic mass is 10.2. The van der Waals surface area contributed by atoms with Crippen LogP contribution in [0, 0.1) is 0 Å². The van der Waals surface area contributed by atoms with Gasteiger partial charge in [-0.05, 0) is 17.7 Å². The molecule has 0 saturated carbocycles. The fourth-order valence-corrected chi connectivity index (χ4v) is 1.29. The Kier molecular flexibility index (Phi) is 5.07. The zero-order valence-corrected chi connectivity index (χ0v) is 9.64. The molecule has 4 heteroatoms. The number of nitrogens with one attached hydrogen (secondary N) is 1. The molecule has 0 amide bonds. The van der Waals surface area contributed by atoms with Crippen LogP contribution in [-0.4, -0.2) is 18.6 Å². The Bertz CT molecular complexity index is 311. The third-order valence-electron chi connectivity index (χ3n) is 2.04. The Morgan fingerprint density at radius 2 is 2.07 bits per heavy atom. The molecular weight excluding hydrogens is 208 g/mol. The molecule has 0 saturated heterocycles. The van der Waals surface area contributed by atoms with Crippen LogP contribution in [0.2, 0.25) is 0 Å². The summed E-state index contributed by atoms with van der Waals surface area (Å²) in [7, 11) is 1.66. The highest BCUT2D eigenvalue weighted by Gasteiger charge is 1.94. The monoisotopic (exact) mass is 224 g/mol. The molecule has 15 heavy (non-hydrogen) atoms. The van der Waals surface area contributed by atoms with Gasteiger partial charge in [0.05, 0.1) is 12.1 Å². The van der Waals surface area contributed by atoms with Crippen molar-refractivity contribution in [1.29, 1.82) is 0 Å². The predicted octanol–water partition coefficient (Wildman–Crippen LogP) is 1.46. The van der Waals surface area contributed by atoms with Crippen molar-refractivity contribution < 1.29 is 4.74 Å². The van der Waals surface area contributed by atoms with Crippen molar-refractivity contribution in [1.82, 2.24) is 5.32 Å². The molecule has 1 aromatic carbocycles. The van der Waals surface area contributed by atoms with E-state index in [0.29, 0.717) is 4.99 Å². The molecule has 0 aliphatic carbocycles. The van der Waals surface area contributed by atoms with E-state index < -0.39 is 0 Å². The molecule has 0 aromatic heterocycles. The molecule has 1 aromatic rings. The molecule has 0 heterocycles. The number of thiocarbonyl (C=S) groups is 1. The summed E-state index contributed by atoms with van der Waals surface area (Å²) in [5.74, 6) is 0.877. The summed E-state index contributed by atoms with van der Waals surface area (Å²) >= 11 is 4.78. The van der Waals surface area contributed by atoms with Crippen molar-refractivity contribution >= 4 is 17.2 Å². The van der Waals surface area contributed by atoms with E-state index in [9.17, 15) is 0 Å². The highest BCUT2D eigenvalue weighted by Crippen LogP contribution is 2.10. The van der Waals surface area contributed by atoms with Crippen molar-refractivity contribution in [3.05, 3.63) is 29.8 Å². The maximum Gasteiger partial charge on any atom is 0.118 e. The van der Waals surface area contributed by atoms with Gasteiger partial charge in [-0.15, -0.1) is 0 Å². The number of rotatable bonds is 6. The molecule has 82 valence electrons. The Morgan fingerprint density at radius 3 is 2.60 bits per heavy atom. The van der Waals surface area contributed by atoms with Gasteiger partial charge in [0.2, 0.25) is 0 Å². The van der Waals surface area contributed by atoms with Crippen LogP contribution < -0.4 is 15.8 Å². The molecule has 3 nitrogen and oxygen atoms in total. The number of benzene rings is 1. The summed E-state index contributed by atoms with van der Waals surface area (Å²) in [5, 5.41) is 3.26. The first-order chi connectivity index (χ1) is 7.22. The summed E-state index contributed by atoms with van der Waals surface area (Å²) in [6, 6.07) is 7.97. The molecular formula is C11H16N2OS. The molecule has 0 aliphatic rings. The van der Waals surface area contributed by atoms with E-state index >= 15 is 0 Å². The second-order valence-electron chi connectivity index (χ2n) is 3.24. The van der Waals surface area contributed by atoms with E-state index in [-0.39, 0.29) is 0 Å². The smallest absolute Gasteiger partial charge is 0.118 e. The highest BCUT2D eigenvalue weighted by molar-refractivity contribution is 7.80. The fourth-order valence-electron chi connectivity index (χ4n) is 1.19. The largest absolute Gasteiger partial charge is 0.497 e. The van der Waals surface area contributed by atoms with E-state index in [1.54, 1.807) is 7.11 Å². The predicted molar refractivity (Wildman–Crippen MR) is 66.1 cm³/mol. The van der Waals surface area contributed by atoms with Gasteiger partial charge in [-0.25, -0.2) is 0 Å². The van der Waals surface area contributed by atoms with Crippen LogP contribution in [0.5, 0.6) is 5.75 Å². The molecule has 0 bridgehead atoms. The average Bonchev–Trinajstić information content (AvgIpc) is 2.25.